The number of carbonyl (C=O) groups is 1. The summed E-state index contributed by atoms with van der Waals surface area (Å²) in [5.74, 6) is 0.878. The largest absolute Gasteiger partial charge is 0.495 e. The number of benzene rings is 1. The highest BCUT2D eigenvalue weighted by molar-refractivity contribution is 7.92. The van der Waals surface area contributed by atoms with Crippen molar-refractivity contribution in [2.75, 3.05) is 49.5 Å². The molecule has 1 aliphatic heterocycles. The van der Waals surface area contributed by atoms with Crippen LogP contribution in [0.1, 0.15) is 20.8 Å². The van der Waals surface area contributed by atoms with Crippen molar-refractivity contribution in [2.24, 2.45) is 4.36 Å². The molecular formula is C32H38F3N9O5S. The summed E-state index contributed by atoms with van der Waals surface area (Å²) < 4.78 is 72.7. The van der Waals surface area contributed by atoms with Crippen LogP contribution in [0.3, 0.4) is 0 Å². The molecule has 1 saturated heterocycles. The van der Waals surface area contributed by atoms with Gasteiger partial charge in [-0.05, 0) is 45.0 Å². The maximum absolute atomic E-state index is 14.2. The second-order valence-electron chi connectivity index (χ2n) is 12.7. The molecule has 1 amide bonds. The highest BCUT2D eigenvalue weighted by Crippen LogP contribution is 2.36. The first-order valence-corrected chi connectivity index (χ1v) is 17.7. The molecule has 1 fully saturated rings. The zero-order valence-electron chi connectivity index (χ0n) is 28.4. The average Bonchev–Trinajstić information content (AvgIpc) is 3.29. The Morgan fingerprint density at radius 3 is 2.54 bits per heavy atom. The van der Waals surface area contributed by atoms with E-state index in [4.69, 9.17) is 9.47 Å². The minimum Gasteiger partial charge on any atom is -0.495 e. The second-order valence-corrected chi connectivity index (χ2v) is 15.3. The lowest BCUT2D eigenvalue weighted by Crippen LogP contribution is -2.61. The number of anilines is 3. The van der Waals surface area contributed by atoms with Gasteiger partial charge in [0.25, 0.3) is 5.56 Å². The lowest BCUT2D eigenvalue weighted by atomic mass is 10.1. The predicted molar refractivity (Wildman–Crippen MR) is 184 cm³/mol. The number of fused-ring (bicyclic) bond motifs is 1. The number of amides is 1. The zero-order valence-corrected chi connectivity index (χ0v) is 29.2. The molecule has 1 aliphatic rings. The summed E-state index contributed by atoms with van der Waals surface area (Å²) in [6, 6.07) is 7.64. The van der Waals surface area contributed by atoms with E-state index < -0.39 is 40.2 Å². The topological polar surface area (TPSA) is 149 Å². The molecule has 1 aromatic carbocycles. The number of halogens is 3. The molecule has 18 heteroatoms. The summed E-state index contributed by atoms with van der Waals surface area (Å²) in [5, 5.41) is 3.27. The number of carbonyl (C=O) groups excluding carboxylic acids is 1. The molecule has 0 spiro atoms. The van der Waals surface area contributed by atoms with Gasteiger partial charge in [0.15, 0.2) is 17.3 Å². The number of nitrogens with one attached hydrogen (secondary N) is 1. The molecule has 0 radical (unpaired) electrons. The molecule has 0 aliphatic carbocycles. The van der Waals surface area contributed by atoms with E-state index in [1.807, 2.05) is 0 Å². The fourth-order valence-corrected chi connectivity index (χ4v) is 5.93. The number of pyridine rings is 1. The van der Waals surface area contributed by atoms with E-state index in [0.717, 1.165) is 0 Å². The number of hydrogen-bond acceptors (Lipinski definition) is 11. The number of alkyl halides is 3. The number of nitrogens with zero attached hydrogens (tertiary/aromatic N) is 8. The molecule has 4 aromatic rings. The Hall–Kier alpha value is -5.13. The van der Waals surface area contributed by atoms with E-state index in [-0.39, 0.29) is 53.7 Å². The molecular weight excluding hydrogens is 679 g/mol. The van der Waals surface area contributed by atoms with Gasteiger partial charge in [0, 0.05) is 59.8 Å². The number of piperazine rings is 1. The molecule has 1 atom stereocenters. The maximum Gasteiger partial charge on any atom is 0.410 e. The van der Waals surface area contributed by atoms with Crippen LogP contribution in [0.5, 0.6) is 5.75 Å². The number of methoxy groups -OCH3 is 1. The number of rotatable bonds is 8. The maximum atomic E-state index is 14.2. The lowest BCUT2D eigenvalue weighted by molar-refractivity contribution is -0.181. The fraction of sp³-hybridized carbons (Fsp3) is 0.406. The first-order valence-electron chi connectivity index (χ1n) is 15.4. The number of hydrogen-bond donors (Lipinski definition) is 1. The van der Waals surface area contributed by atoms with Crippen LogP contribution in [-0.4, -0.2) is 96.6 Å². The lowest BCUT2D eigenvalue weighted by Gasteiger charge is -2.43. The van der Waals surface area contributed by atoms with E-state index in [1.165, 1.54) is 40.1 Å². The van der Waals surface area contributed by atoms with Crippen molar-refractivity contribution in [3.8, 4) is 11.6 Å². The van der Waals surface area contributed by atoms with E-state index in [0.29, 0.717) is 22.1 Å². The van der Waals surface area contributed by atoms with Gasteiger partial charge in [-0.2, -0.15) is 22.5 Å². The Bertz CT molecular complexity index is 2110. The van der Waals surface area contributed by atoms with Crippen LogP contribution < -0.4 is 20.5 Å². The summed E-state index contributed by atoms with van der Waals surface area (Å²) in [4.78, 5) is 41.6. The van der Waals surface area contributed by atoms with Crippen LogP contribution in [0, 0.1) is 0 Å². The summed E-state index contributed by atoms with van der Waals surface area (Å²) >= 11 is 0. The van der Waals surface area contributed by atoms with Crippen LogP contribution in [-0.2, 0) is 21.0 Å². The Morgan fingerprint density at radius 1 is 1.16 bits per heavy atom. The molecule has 14 nitrogen and oxygen atoms in total. The number of allylic oxidation sites excluding steroid dienone is 1. The standard InChI is InChI=1S/C32H38F3N9O5S/c1-8-14-43-28(45)21-18-36-29(39-27(21)44(43)26-11-9-10-25(38-26)40-50(6,7)47)37-20-12-13-22(23(17-20)48-5)41-15-16-42(24(19-41)32(33,34)35)30(46)49-31(2,3)4/h8-13,17-18,24H,1,14-16,19H2,2-7H3,(H,36,37,39). The normalized spacial score (nSPS) is 15.6. The van der Waals surface area contributed by atoms with Crippen molar-refractivity contribution < 1.29 is 31.6 Å². The monoisotopic (exact) mass is 717 g/mol. The predicted octanol–water partition coefficient (Wildman–Crippen LogP) is 5.26. The molecule has 0 saturated carbocycles. The van der Waals surface area contributed by atoms with Crippen LogP contribution in [0.25, 0.3) is 16.9 Å². The smallest absolute Gasteiger partial charge is 0.410 e. The van der Waals surface area contributed by atoms with Gasteiger partial charge < -0.3 is 19.7 Å². The summed E-state index contributed by atoms with van der Waals surface area (Å²) in [6.45, 7) is 8.01. The first kappa shape index (κ1) is 36.2. The SMILES string of the molecule is C=CCn1c(=O)c2cnc(Nc3ccc(N4CCN(C(=O)OC(C)(C)C)C(C(F)(F)F)C4)c(OC)c3)nc2n1-c1cccc(N=S(C)(C)=O)n1. The Balaban J connectivity index is 1.46. The third-order valence-corrected chi connectivity index (χ3v) is 8.02. The van der Waals surface area contributed by atoms with Crippen LogP contribution in [0.4, 0.5) is 41.1 Å². The summed E-state index contributed by atoms with van der Waals surface area (Å²) in [6.07, 6.45) is 0.154. The van der Waals surface area contributed by atoms with Crippen LogP contribution >= 0.6 is 0 Å². The molecule has 1 unspecified atom stereocenters. The summed E-state index contributed by atoms with van der Waals surface area (Å²) in [5.41, 5.74) is -0.282. The molecule has 5 rings (SSSR count). The quantitative estimate of drug-likeness (QED) is 0.239. The van der Waals surface area contributed by atoms with E-state index in [2.05, 4.69) is 31.2 Å². The van der Waals surface area contributed by atoms with Gasteiger partial charge in [0.05, 0.1) is 19.3 Å². The number of aromatic nitrogens is 5. The van der Waals surface area contributed by atoms with Gasteiger partial charge in [-0.1, -0.05) is 12.1 Å². The van der Waals surface area contributed by atoms with Crippen molar-refractivity contribution >= 4 is 50.0 Å². The van der Waals surface area contributed by atoms with Crippen molar-refractivity contribution in [3.05, 3.63) is 65.6 Å². The zero-order chi connectivity index (χ0) is 36.6. The van der Waals surface area contributed by atoms with E-state index in [9.17, 15) is 27.0 Å². The van der Waals surface area contributed by atoms with Gasteiger partial charge in [-0.3, -0.25) is 9.69 Å². The first-order chi connectivity index (χ1) is 23.4. The van der Waals surface area contributed by atoms with Crippen molar-refractivity contribution in [2.45, 2.75) is 45.1 Å². The van der Waals surface area contributed by atoms with Crippen molar-refractivity contribution in [1.29, 1.82) is 0 Å². The van der Waals surface area contributed by atoms with Gasteiger partial charge in [-0.25, -0.2) is 28.3 Å². The Kier molecular flexibility index (Phi) is 9.87. The number of ether oxygens (including phenoxy) is 2. The minimum absolute atomic E-state index is 0.101. The molecule has 0 bridgehead atoms. The van der Waals surface area contributed by atoms with E-state index in [1.54, 1.807) is 63.2 Å². The van der Waals surface area contributed by atoms with Gasteiger partial charge in [-0.15, -0.1) is 6.58 Å². The average molecular weight is 718 g/mol. The fourth-order valence-electron chi connectivity index (χ4n) is 5.38. The van der Waals surface area contributed by atoms with Crippen LogP contribution in [0.2, 0.25) is 0 Å². The summed E-state index contributed by atoms with van der Waals surface area (Å²) in [7, 11) is -1.12. The molecule has 1 N–H and O–H groups in total. The van der Waals surface area contributed by atoms with Gasteiger partial charge in [0.1, 0.15) is 22.8 Å². The molecule has 3 aromatic heterocycles. The van der Waals surface area contributed by atoms with E-state index >= 15 is 0 Å². The van der Waals surface area contributed by atoms with Gasteiger partial charge >= 0.3 is 12.3 Å². The van der Waals surface area contributed by atoms with Crippen LogP contribution in [0.15, 0.2) is 64.4 Å². The minimum atomic E-state index is -4.70. The van der Waals surface area contributed by atoms with Crippen molar-refractivity contribution in [3.63, 3.8) is 0 Å². The highest BCUT2D eigenvalue weighted by atomic mass is 32.2. The molecule has 4 heterocycles. The Labute approximate surface area is 286 Å². The Morgan fingerprint density at radius 2 is 1.90 bits per heavy atom. The molecule has 268 valence electrons. The third-order valence-electron chi connectivity index (χ3n) is 7.39. The highest BCUT2D eigenvalue weighted by Gasteiger charge is 2.49. The molecule has 50 heavy (non-hydrogen) atoms. The van der Waals surface area contributed by atoms with Gasteiger partial charge in [0.2, 0.25) is 5.95 Å². The second kappa shape index (κ2) is 13.6. The van der Waals surface area contributed by atoms with Crippen molar-refractivity contribution in [1.82, 2.24) is 29.2 Å². The third kappa shape index (κ3) is 8.01.